The van der Waals surface area contributed by atoms with E-state index in [-0.39, 0.29) is 25.0 Å². The van der Waals surface area contributed by atoms with E-state index in [2.05, 4.69) is 19.2 Å². The normalized spacial score (nSPS) is 11.7. The summed E-state index contributed by atoms with van der Waals surface area (Å²) in [5, 5.41) is 2.26. The van der Waals surface area contributed by atoms with Crippen molar-refractivity contribution in [1.29, 1.82) is 0 Å². The Kier molecular flexibility index (Phi) is 20.0. The second-order valence-electron chi connectivity index (χ2n) is 7.70. The van der Waals surface area contributed by atoms with Crippen molar-refractivity contribution < 1.29 is 23.9 Å². The predicted octanol–water partition coefficient (Wildman–Crippen LogP) is 4.94. The smallest absolute Gasteiger partial charge is 0.325 e. The molecule has 0 radical (unpaired) electrons. The molecule has 29 heavy (non-hydrogen) atoms. The van der Waals surface area contributed by atoms with Crippen molar-refractivity contribution in [3.63, 3.8) is 0 Å². The number of hydrogen-bond donors (Lipinski definition) is 1. The minimum Gasteiger partial charge on any atom is -0.465 e. The van der Waals surface area contributed by atoms with Gasteiger partial charge in [0, 0.05) is 0 Å². The van der Waals surface area contributed by atoms with Crippen LogP contribution in [0, 0.1) is 5.92 Å². The molecule has 0 fully saturated rings. The molecule has 0 aromatic rings. The average Bonchev–Trinajstić information content (AvgIpc) is 2.72. The van der Waals surface area contributed by atoms with E-state index >= 15 is 0 Å². The molecule has 0 spiro atoms. The molecule has 0 rings (SSSR count). The van der Waals surface area contributed by atoms with Gasteiger partial charge in [-0.1, -0.05) is 78.1 Å². The Morgan fingerprint density at radius 3 is 1.86 bits per heavy atom. The van der Waals surface area contributed by atoms with E-state index in [0.29, 0.717) is 25.9 Å². The highest BCUT2D eigenvalue weighted by Gasteiger charge is 2.19. The predicted molar refractivity (Wildman–Crippen MR) is 115 cm³/mol. The maximum atomic E-state index is 12.5. The largest absolute Gasteiger partial charge is 0.465 e. The van der Waals surface area contributed by atoms with E-state index < -0.39 is 5.97 Å². The SMILES string of the molecule is CCCCCCCCC(CCCCCC)C(=O)OCCCCOC(=O)CNC=O. The molecular formula is C23H43NO5. The minimum atomic E-state index is -0.458. The molecule has 0 aromatic carbocycles. The Balaban J connectivity index is 4.00. The molecule has 1 unspecified atom stereocenters. The number of carbonyl (C=O) groups is 3. The fourth-order valence-corrected chi connectivity index (χ4v) is 3.23. The third kappa shape index (κ3) is 18.2. The van der Waals surface area contributed by atoms with Gasteiger partial charge in [-0.05, 0) is 25.7 Å². The molecule has 6 heteroatoms. The molecule has 0 saturated heterocycles. The van der Waals surface area contributed by atoms with Gasteiger partial charge in [0.1, 0.15) is 6.54 Å². The van der Waals surface area contributed by atoms with Crippen LogP contribution in [0.2, 0.25) is 0 Å². The van der Waals surface area contributed by atoms with Gasteiger partial charge in [-0.3, -0.25) is 14.4 Å². The Morgan fingerprint density at radius 2 is 1.28 bits per heavy atom. The molecule has 0 bridgehead atoms. The maximum absolute atomic E-state index is 12.5. The second-order valence-corrected chi connectivity index (χ2v) is 7.70. The quantitative estimate of drug-likeness (QED) is 0.164. The van der Waals surface area contributed by atoms with Gasteiger partial charge in [-0.15, -0.1) is 0 Å². The van der Waals surface area contributed by atoms with Crippen LogP contribution in [0.15, 0.2) is 0 Å². The molecule has 0 aromatic heterocycles. The maximum Gasteiger partial charge on any atom is 0.325 e. The summed E-state index contributed by atoms with van der Waals surface area (Å²) in [6.45, 7) is 4.94. The van der Waals surface area contributed by atoms with Gasteiger partial charge in [0.25, 0.3) is 0 Å². The van der Waals surface area contributed by atoms with Crippen molar-refractivity contribution in [2.24, 2.45) is 5.92 Å². The molecule has 1 N–H and O–H groups in total. The minimum absolute atomic E-state index is 0.0188. The van der Waals surface area contributed by atoms with Crippen LogP contribution in [0.5, 0.6) is 0 Å². The number of ether oxygens (including phenoxy) is 2. The van der Waals surface area contributed by atoms with E-state index in [1.807, 2.05) is 0 Å². The average molecular weight is 414 g/mol. The topological polar surface area (TPSA) is 81.7 Å². The Morgan fingerprint density at radius 1 is 0.759 bits per heavy atom. The van der Waals surface area contributed by atoms with E-state index in [1.54, 1.807) is 0 Å². The molecule has 0 aliphatic carbocycles. The molecule has 0 aliphatic rings. The monoisotopic (exact) mass is 413 g/mol. The van der Waals surface area contributed by atoms with Crippen molar-refractivity contribution in [3.8, 4) is 0 Å². The van der Waals surface area contributed by atoms with Gasteiger partial charge in [-0.25, -0.2) is 0 Å². The van der Waals surface area contributed by atoms with Crippen LogP contribution in [0.25, 0.3) is 0 Å². The molecular weight excluding hydrogens is 370 g/mol. The summed E-state index contributed by atoms with van der Waals surface area (Å²) in [4.78, 5) is 33.8. The van der Waals surface area contributed by atoms with Crippen molar-refractivity contribution in [1.82, 2.24) is 5.32 Å². The molecule has 170 valence electrons. The summed E-state index contributed by atoms with van der Waals surface area (Å²) < 4.78 is 10.5. The lowest BCUT2D eigenvalue weighted by atomic mass is 9.94. The van der Waals surface area contributed by atoms with Gasteiger partial charge in [0.05, 0.1) is 19.1 Å². The first-order chi connectivity index (χ1) is 14.2. The van der Waals surface area contributed by atoms with Crippen LogP contribution in [0.3, 0.4) is 0 Å². The zero-order valence-electron chi connectivity index (χ0n) is 18.7. The summed E-state index contributed by atoms with van der Waals surface area (Å²) in [7, 11) is 0. The fourth-order valence-electron chi connectivity index (χ4n) is 3.23. The van der Waals surface area contributed by atoms with E-state index in [0.717, 1.165) is 25.7 Å². The lowest BCUT2D eigenvalue weighted by Gasteiger charge is -2.16. The molecule has 1 atom stereocenters. The van der Waals surface area contributed by atoms with Gasteiger partial charge in [0.2, 0.25) is 6.41 Å². The first-order valence-electron chi connectivity index (χ1n) is 11.6. The van der Waals surface area contributed by atoms with E-state index in [9.17, 15) is 14.4 Å². The number of carbonyl (C=O) groups excluding carboxylic acids is 3. The van der Waals surface area contributed by atoms with Crippen LogP contribution in [-0.4, -0.2) is 38.1 Å². The van der Waals surface area contributed by atoms with Crippen molar-refractivity contribution >= 4 is 18.3 Å². The number of amides is 1. The third-order valence-corrected chi connectivity index (χ3v) is 5.02. The second kappa shape index (κ2) is 21.1. The zero-order chi connectivity index (χ0) is 21.6. The molecule has 0 aliphatic heterocycles. The number of unbranched alkanes of at least 4 members (excludes halogenated alkanes) is 9. The summed E-state index contributed by atoms with van der Waals surface area (Å²) in [5.41, 5.74) is 0. The van der Waals surface area contributed by atoms with Gasteiger partial charge in [-0.2, -0.15) is 0 Å². The highest BCUT2D eigenvalue weighted by Crippen LogP contribution is 2.20. The summed E-state index contributed by atoms with van der Waals surface area (Å²) in [6.07, 6.45) is 15.7. The highest BCUT2D eigenvalue weighted by atomic mass is 16.5. The van der Waals surface area contributed by atoms with Gasteiger partial charge < -0.3 is 14.8 Å². The number of esters is 2. The first kappa shape index (κ1) is 27.4. The van der Waals surface area contributed by atoms with E-state index in [1.165, 1.54) is 51.4 Å². The van der Waals surface area contributed by atoms with Crippen LogP contribution >= 0.6 is 0 Å². The third-order valence-electron chi connectivity index (χ3n) is 5.02. The molecule has 6 nitrogen and oxygen atoms in total. The Labute approximate surface area is 177 Å². The van der Waals surface area contributed by atoms with Crippen LogP contribution < -0.4 is 5.32 Å². The first-order valence-corrected chi connectivity index (χ1v) is 11.6. The molecule has 0 heterocycles. The number of rotatable bonds is 21. The van der Waals surface area contributed by atoms with E-state index in [4.69, 9.17) is 9.47 Å². The standard InChI is InChI=1S/C23H43NO5/c1-3-5-7-9-10-12-16-21(15-11-8-6-4-2)23(27)29-18-14-13-17-28-22(26)19-24-20-25/h20-21H,3-19H2,1-2H3,(H,24,25). The Bertz CT molecular complexity index is 414. The molecule has 0 saturated carbocycles. The van der Waals surface area contributed by atoms with Crippen LogP contribution in [0.1, 0.15) is 104 Å². The Hall–Kier alpha value is -1.59. The fraction of sp³-hybridized carbons (Fsp3) is 0.870. The van der Waals surface area contributed by atoms with Crippen LogP contribution in [-0.2, 0) is 23.9 Å². The van der Waals surface area contributed by atoms with Crippen molar-refractivity contribution in [3.05, 3.63) is 0 Å². The highest BCUT2D eigenvalue weighted by molar-refractivity contribution is 5.74. The summed E-state index contributed by atoms with van der Waals surface area (Å²) >= 11 is 0. The van der Waals surface area contributed by atoms with Gasteiger partial charge >= 0.3 is 11.9 Å². The van der Waals surface area contributed by atoms with Crippen molar-refractivity contribution in [2.45, 2.75) is 104 Å². The molecule has 1 amide bonds. The number of hydrogen-bond acceptors (Lipinski definition) is 5. The lowest BCUT2D eigenvalue weighted by Crippen LogP contribution is -2.23. The number of nitrogens with one attached hydrogen (secondary N) is 1. The lowest BCUT2D eigenvalue weighted by molar-refractivity contribution is -0.150. The van der Waals surface area contributed by atoms with Gasteiger partial charge in [0.15, 0.2) is 0 Å². The van der Waals surface area contributed by atoms with Crippen molar-refractivity contribution in [2.75, 3.05) is 19.8 Å². The summed E-state index contributed by atoms with van der Waals surface area (Å²) in [6, 6.07) is 0. The summed E-state index contributed by atoms with van der Waals surface area (Å²) in [5.74, 6) is -0.507. The zero-order valence-corrected chi connectivity index (χ0v) is 18.7. The van der Waals surface area contributed by atoms with Crippen LogP contribution in [0.4, 0.5) is 0 Å².